The second-order valence-corrected chi connectivity index (χ2v) is 7.37. The molecule has 0 spiro atoms. The number of amides is 1. The maximum Gasteiger partial charge on any atom is 0.262 e. The Labute approximate surface area is 162 Å². The van der Waals surface area contributed by atoms with Crippen molar-refractivity contribution in [3.63, 3.8) is 0 Å². The third-order valence-electron chi connectivity index (χ3n) is 5.37. The molecule has 4 heterocycles. The van der Waals surface area contributed by atoms with Crippen LogP contribution in [0.5, 0.6) is 0 Å². The summed E-state index contributed by atoms with van der Waals surface area (Å²) in [6, 6.07) is 11.7. The topological polar surface area (TPSA) is 54.3 Å². The van der Waals surface area contributed by atoms with Gasteiger partial charge in [-0.3, -0.25) is 4.79 Å². The largest absolute Gasteiger partial charge is 0.354 e. The average Bonchev–Trinajstić information content (AvgIpc) is 3.39. The zero-order valence-electron chi connectivity index (χ0n) is 15.5. The highest BCUT2D eigenvalue weighted by molar-refractivity contribution is 6.09. The summed E-state index contributed by atoms with van der Waals surface area (Å²) in [6.07, 6.45) is 3.24. The summed E-state index contributed by atoms with van der Waals surface area (Å²) >= 11 is 0. The van der Waals surface area contributed by atoms with Crippen LogP contribution in [0.3, 0.4) is 0 Å². The first-order valence-electron chi connectivity index (χ1n) is 9.41. The van der Waals surface area contributed by atoms with Gasteiger partial charge >= 0.3 is 0 Å². The molecule has 28 heavy (non-hydrogen) atoms. The van der Waals surface area contributed by atoms with E-state index in [1.54, 1.807) is 22.0 Å². The molecule has 7 heteroatoms. The molecule has 1 atom stereocenters. The van der Waals surface area contributed by atoms with E-state index < -0.39 is 6.17 Å². The van der Waals surface area contributed by atoms with Gasteiger partial charge in [0.1, 0.15) is 12.0 Å². The fourth-order valence-electron chi connectivity index (χ4n) is 3.76. The number of alkyl halides is 1. The van der Waals surface area contributed by atoms with Crippen molar-refractivity contribution in [1.29, 1.82) is 0 Å². The van der Waals surface area contributed by atoms with E-state index in [2.05, 4.69) is 10.1 Å². The lowest BCUT2D eigenvalue weighted by atomic mass is 10.2. The predicted octanol–water partition coefficient (Wildman–Crippen LogP) is 3.28. The van der Waals surface area contributed by atoms with Crippen LogP contribution in [0.15, 0.2) is 48.8 Å². The third kappa shape index (κ3) is 2.83. The number of carbonyl (C=O) groups is 1. The van der Waals surface area contributed by atoms with Crippen molar-refractivity contribution in [2.75, 3.05) is 22.9 Å². The molecule has 2 aliphatic heterocycles. The van der Waals surface area contributed by atoms with Crippen LogP contribution in [0.25, 0.3) is 5.69 Å². The van der Waals surface area contributed by atoms with Gasteiger partial charge in [-0.1, -0.05) is 17.7 Å². The quantitative estimate of drug-likeness (QED) is 0.703. The van der Waals surface area contributed by atoms with Crippen LogP contribution in [0.4, 0.5) is 15.9 Å². The van der Waals surface area contributed by atoms with Crippen molar-refractivity contribution >= 4 is 17.4 Å². The van der Waals surface area contributed by atoms with Gasteiger partial charge in [0, 0.05) is 18.4 Å². The average molecular weight is 377 g/mol. The Balaban J connectivity index is 1.36. The predicted molar refractivity (Wildman–Crippen MR) is 105 cm³/mol. The molecule has 1 aromatic carbocycles. The van der Waals surface area contributed by atoms with Gasteiger partial charge in [-0.25, -0.2) is 14.1 Å². The maximum atomic E-state index is 13.4. The summed E-state index contributed by atoms with van der Waals surface area (Å²) in [5.74, 6) is 0.728. The Hall–Kier alpha value is -3.22. The number of nitrogens with zero attached hydrogens (tertiary/aromatic N) is 5. The third-order valence-corrected chi connectivity index (χ3v) is 5.37. The molecule has 0 bridgehead atoms. The molecule has 0 radical (unpaired) electrons. The molecule has 2 aromatic heterocycles. The summed E-state index contributed by atoms with van der Waals surface area (Å²) in [4.78, 5) is 20.9. The Kier molecular flexibility index (Phi) is 3.89. The monoisotopic (exact) mass is 377 g/mol. The Bertz CT molecular complexity index is 1030. The van der Waals surface area contributed by atoms with E-state index in [1.807, 2.05) is 48.2 Å². The number of benzene rings is 1. The van der Waals surface area contributed by atoms with Gasteiger partial charge < -0.3 is 9.80 Å². The molecule has 1 saturated heterocycles. The van der Waals surface area contributed by atoms with Gasteiger partial charge in [-0.05, 0) is 37.6 Å². The van der Waals surface area contributed by atoms with Crippen molar-refractivity contribution in [2.24, 2.45) is 0 Å². The maximum absolute atomic E-state index is 13.4. The highest BCUT2D eigenvalue weighted by Gasteiger charge is 2.32. The minimum Gasteiger partial charge on any atom is -0.354 e. The van der Waals surface area contributed by atoms with Crippen LogP contribution in [-0.4, -0.2) is 39.9 Å². The number of aromatic nitrogens is 3. The van der Waals surface area contributed by atoms with E-state index in [0.29, 0.717) is 31.6 Å². The molecular formula is C21H20FN5O. The van der Waals surface area contributed by atoms with E-state index >= 15 is 0 Å². The Morgan fingerprint density at radius 1 is 1.11 bits per heavy atom. The molecule has 0 saturated carbocycles. The number of fused-ring (bicyclic) bond motifs is 1. The van der Waals surface area contributed by atoms with Gasteiger partial charge in [0.15, 0.2) is 0 Å². The van der Waals surface area contributed by atoms with Crippen LogP contribution in [0.1, 0.15) is 28.0 Å². The highest BCUT2D eigenvalue weighted by Crippen LogP contribution is 2.29. The zero-order chi connectivity index (χ0) is 19.3. The first-order valence-corrected chi connectivity index (χ1v) is 9.41. The molecule has 1 fully saturated rings. The first kappa shape index (κ1) is 16.9. The van der Waals surface area contributed by atoms with Gasteiger partial charge in [0.05, 0.1) is 36.2 Å². The fourth-order valence-corrected chi connectivity index (χ4v) is 3.76. The Morgan fingerprint density at radius 3 is 2.54 bits per heavy atom. The number of halogens is 1. The van der Waals surface area contributed by atoms with Crippen molar-refractivity contribution < 1.29 is 9.18 Å². The smallest absolute Gasteiger partial charge is 0.262 e. The molecule has 2 aliphatic rings. The fraction of sp³-hybridized carbons (Fsp3) is 0.286. The van der Waals surface area contributed by atoms with Crippen LogP contribution in [0, 0.1) is 6.92 Å². The number of carbonyl (C=O) groups excluding carboxylic acids is 1. The number of pyridine rings is 1. The van der Waals surface area contributed by atoms with Crippen LogP contribution >= 0.6 is 0 Å². The van der Waals surface area contributed by atoms with Crippen LogP contribution in [0.2, 0.25) is 0 Å². The lowest BCUT2D eigenvalue weighted by Gasteiger charge is -2.17. The van der Waals surface area contributed by atoms with E-state index in [1.165, 1.54) is 0 Å². The number of hydrogen-bond donors (Lipinski definition) is 0. The molecule has 0 aliphatic carbocycles. The second-order valence-electron chi connectivity index (χ2n) is 7.37. The summed E-state index contributed by atoms with van der Waals surface area (Å²) in [7, 11) is 0. The molecule has 0 unspecified atom stereocenters. The van der Waals surface area contributed by atoms with Crippen molar-refractivity contribution in [3.8, 4) is 5.69 Å². The molecule has 3 aromatic rings. The van der Waals surface area contributed by atoms with E-state index in [0.717, 1.165) is 28.5 Å². The minimum atomic E-state index is -0.780. The summed E-state index contributed by atoms with van der Waals surface area (Å²) in [5, 5.41) is 4.58. The van der Waals surface area contributed by atoms with E-state index in [-0.39, 0.29) is 5.91 Å². The molecule has 0 N–H and O–H groups in total. The minimum absolute atomic E-state index is 0.0410. The Morgan fingerprint density at radius 2 is 1.89 bits per heavy atom. The SMILES string of the molecule is Cc1ccc(N2Cc3nn(-c4ccc(N5CC[C@H](F)C5)nc4)cc3C2=O)cc1. The van der Waals surface area contributed by atoms with Gasteiger partial charge in [0.25, 0.3) is 5.91 Å². The second kappa shape index (κ2) is 6.44. The number of rotatable bonds is 3. The molecule has 5 rings (SSSR count). The van der Waals surface area contributed by atoms with E-state index in [4.69, 9.17) is 0 Å². The van der Waals surface area contributed by atoms with Gasteiger partial charge in [-0.2, -0.15) is 5.10 Å². The molecule has 1 amide bonds. The lowest BCUT2D eigenvalue weighted by molar-refractivity contribution is 0.0996. The van der Waals surface area contributed by atoms with Crippen molar-refractivity contribution in [3.05, 3.63) is 65.6 Å². The van der Waals surface area contributed by atoms with Crippen molar-refractivity contribution in [2.45, 2.75) is 26.1 Å². The highest BCUT2D eigenvalue weighted by atomic mass is 19.1. The summed E-state index contributed by atoms with van der Waals surface area (Å²) in [6.45, 7) is 3.56. The zero-order valence-corrected chi connectivity index (χ0v) is 15.5. The van der Waals surface area contributed by atoms with E-state index in [9.17, 15) is 9.18 Å². The summed E-state index contributed by atoms with van der Waals surface area (Å²) < 4.78 is 15.1. The normalized spacial score (nSPS) is 18.8. The molecular weight excluding hydrogens is 357 g/mol. The van der Waals surface area contributed by atoms with Gasteiger partial charge in [0.2, 0.25) is 0 Å². The van der Waals surface area contributed by atoms with Crippen LogP contribution in [-0.2, 0) is 6.54 Å². The first-order chi connectivity index (χ1) is 13.6. The van der Waals surface area contributed by atoms with Crippen molar-refractivity contribution in [1.82, 2.24) is 14.8 Å². The van der Waals surface area contributed by atoms with Crippen LogP contribution < -0.4 is 9.80 Å². The molecule has 6 nitrogen and oxygen atoms in total. The number of aryl methyl sites for hydroxylation is 1. The van der Waals surface area contributed by atoms with Gasteiger partial charge in [-0.15, -0.1) is 0 Å². The number of anilines is 2. The summed E-state index contributed by atoms with van der Waals surface area (Å²) in [5.41, 5.74) is 4.19. The molecule has 142 valence electrons. The standard InChI is InChI=1S/C21H20FN5O/c1-14-2-4-16(5-3-14)26-13-19-18(21(26)28)12-27(24-19)17-6-7-20(23-10-17)25-9-8-15(22)11-25/h2-7,10,12,15H,8-9,11,13H2,1H3/t15-/m0/s1. The number of hydrogen-bond acceptors (Lipinski definition) is 4. The lowest BCUT2D eigenvalue weighted by Crippen LogP contribution is -2.23.